The molecule has 2 amide bonds. The lowest BCUT2D eigenvalue weighted by Crippen LogP contribution is -2.38. The van der Waals surface area contributed by atoms with Gasteiger partial charge in [0.2, 0.25) is 11.8 Å². The van der Waals surface area contributed by atoms with E-state index in [2.05, 4.69) is 34.9 Å². The van der Waals surface area contributed by atoms with Crippen molar-refractivity contribution in [2.24, 2.45) is 11.8 Å². The second-order valence-corrected chi connectivity index (χ2v) is 7.22. The zero-order chi connectivity index (χ0) is 16.8. The first-order chi connectivity index (χ1) is 11.7. The predicted octanol–water partition coefficient (Wildman–Crippen LogP) is 2.82. The molecule has 24 heavy (non-hydrogen) atoms. The van der Waals surface area contributed by atoms with Crippen molar-refractivity contribution in [1.82, 2.24) is 10.6 Å². The number of benzene rings is 1. The first kappa shape index (κ1) is 17.0. The standard InChI is InChI=1S/C20H28N2O2/c23-19(10-5-13-21-20(24)16-11-12-16)22-18-9-4-8-17(18)14-15-6-2-1-3-7-15/h1-3,6-7,16-18H,4-5,8-14H2,(H,21,24)(H,22,23)/t17-,18-/m0/s1. The van der Waals surface area contributed by atoms with Gasteiger partial charge >= 0.3 is 0 Å². The number of nitrogens with one attached hydrogen (secondary N) is 2. The van der Waals surface area contributed by atoms with Crippen LogP contribution in [0, 0.1) is 11.8 Å². The molecule has 2 aliphatic rings. The summed E-state index contributed by atoms with van der Waals surface area (Å²) >= 11 is 0. The molecule has 3 rings (SSSR count). The highest BCUT2D eigenvalue weighted by atomic mass is 16.2. The van der Waals surface area contributed by atoms with Crippen LogP contribution in [-0.4, -0.2) is 24.4 Å². The molecule has 1 aromatic carbocycles. The lowest BCUT2D eigenvalue weighted by Gasteiger charge is -2.21. The van der Waals surface area contributed by atoms with Crippen LogP contribution >= 0.6 is 0 Å². The first-order valence-electron chi connectivity index (χ1n) is 9.33. The van der Waals surface area contributed by atoms with Gasteiger partial charge in [0, 0.05) is 24.9 Å². The second kappa shape index (κ2) is 8.32. The molecule has 2 saturated carbocycles. The van der Waals surface area contributed by atoms with Gasteiger partial charge in [-0.1, -0.05) is 36.8 Å². The molecule has 0 aliphatic heterocycles. The molecule has 0 aromatic heterocycles. The average Bonchev–Trinajstić information content (AvgIpc) is 3.36. The predicted molar refractivity (Wildman–Crippen MR) is 94.4 cm³/mol. The van der Waals surface area contributed by atoms with E-state index in [1.807, 2.05) is 6.07 Å². The number of hydrogen-bond donors (Lipinski definition) is 2. The summed E-state index contributed by atoms with van der Waals surface area (Å²) in [4.78, 5) is 23.7. The highest BCUT2D eigenvalue weighted by Gasteiger charge is 2.29. The van der Waals surface area contributed by atoms with Gasteiger partial charge in [0.15, 0.2) is 0 Å². The minimum Gasteiger partial charge on any atom is -0.356 e. The lowest BCUT2D eigenvalue weighted by molar-refractivity contribution is -0.124. The number of amides is 2. The van der Waals surface area contributed by atoms with E-state index in [1.54, 1.807) is 0 Å². The van der Waals surface area contributed by atoms with Crippen molar-refractivity contribution in [3.05, 3.63) is 35.9 Å². The Morgan fingerprint density at radius 3 is 2.58 bits per heavy atom. The highest BCUT2D eigenvalue weighted by Crippen LogP contribution is 2.29. The van der Waals surface area contributed by atoms with Crippen LogP contribution in [0.1, 0.15) is 50.5 Å². The van der Waals surface area contributed by atoms with E-state index >= 15 is 0 Å². The van der Waals surface area contributed by atoms with Gasteiger partial charge in [-0.3, -0.25) is 9.59 Å². The number of carbonyl (C=O) groups excluding carboxylic acids is 2. The molecule has 2 atom stereocenters. The average molecular weight is 328 g/mol. The van der Waals surface area contributed by atoms with Crippen molar-refractivity contribution in [3.8, 4) is 0 Å². The topological polar surface area (TPSA) is 58.2 Å². The number of rotatable bonds is 8. The third-order valence-corrected chi connectivity index (χ3v) is 5.17. The van der Waals surface area contributed by atoms with Crippen LogP contribution in [0.25, 0.3) is 0 Å². The van der Waals surface area contributed by atoms with Gasteiger partial charge in [0.25, 0.3) is 0 Å². The quantitative estimate of drug-likeness (QED) is 0.721. The van der Waals surface area contributed by atoms with Gasteiger partial charge in [-0.05, 0) is 50.0 Å². The Kier molecular flexibility index (Phi) is 5.89. The van der Waals surface area contributed by atoms with E-state index in [-0.39, 0.29) is 17.7 Å². The smallest absolute Gasteiger partial charge is 0.223 e. The molecule has 4 heteroatoms. The van der Waals surface area contributed by atoms with E-state index in [1.165, 1.54) is 18.4 Å². The van der Waals surface area contributed by atoms with E-state index in [4.69, 9.17) is 0 Å². The third-order valence-electron chi connectivity index (χ3n) is 5.17. The zero-order valence-electron chi connectivity index (χ0n) is 14.3. The molecule has 0 unspecified atom stereocenters. The summed E-state index contributed by atoms with van der Waals surface area (Å²) in [6, 6.07) is 10.8. The summed E-state index contributed by atoms with van der Waals surface area (Å²) in [6.45, 7) is 0.612. The Labute approximate surface area is 144 Å². The molecule has 2 N–H and O–H groups in total. The molecule has 0 saturated heterocycles. The van der Waals surface area contributed by atoms with Crippen LogP contribution < -0.4 is 10.6 Å². The SMILES string of the molecule is O=C(CCCNC(=O)C1CC1)N[C@H]1CCC[C@H]1Cc1ccccc1. The monoisotopic (exact) mass is 328 g/mol. The molecule has 0 spiro atoms. The Balaban J connectivity index is 1.36. The molecule has 4 nitrogen and oxygen atoms in total. The molecule has 130 valence electrons. The minimum atomic E-state index is 0.126. The van der Waals surface area contributed by atoms with Crippen molar-refractivity contribution in [1.29, 1.82) is 0 Å². The molecule has 2 aliphatic carbocycles. The highest BCUT2D eigenvalue weighted by molar-refractivity contribution is 5.81. The lowest BCUT2D eigenvalue weighted by atomic mass is 9.94. The number of carbonyl (C=O) groups is 2. The van der Waals surface area contributed by atoms with Crippen molar-refractivity contribution < 1.29 is 9.59 Å². The van der Waals surface area contributed by atoms with Crippen LogP contribution in [-0.2, 0) is 16.0 Å². The maximum atomic E-state index is 12.2. The second-order valence-electron chi connectivity index (χ2n) is 7.22. The minimum absolute atomic E-state index is 0.126. The van der Waals surface area contributed by atoms with Crippen LogP contribution in [0.3, 0.4) is 0 Å². The van der Waals surface area contributed by atoms with Gasteiger partial charge in [-0.15, -0.1) is 0 Å². The molecule has 0 bridgehead atoms. The molecular formula is C20H28N2O2. The third kappa shape index (κ3) is 5.08. The van der Waals surface area contributed by atoms with E-state index in [0.29, 0.717) is 24.9 Å². The Bertz CT molecular complexity index is 554. The summed E-state index contributed by atoms with van der Waals surface area (Å²) in [5, 5.41) is 6.14. The molecule has 0 radical (unpaired) electrons. The Morgan fingerprint density at radius 2 is 1.83 bits per heavy atom. The van der Waals surface area contributed by atoms with Crippen molar-refractivity contribution in [2.45, 2.75) is 57.4 Å². The Hall–Kier alpha value is -1.84. The summed E-state index contributed by atoms with van der Waals surface area (Å²) in [5.41, 5.74) is 1.35. The first-order valence-corrected chi connectivity index (χ1v) is 9.33. The Morgan fingerprint density at radius 1 is 1.04 bits per heavy atom. The number of hydrogen-bond acceptors (Lipinski definition) is 2. The van der Waals surface area contributed by atoms with E-state index in [9.17, 15) is 9.59 Å². The summed E-state index contributed by atoms with van der Waals surface area (Å²) in [5.74, 6) is 1.08. The van der Waals surface area contributed by atoms with Crippen molar-refractivity contribution in [2.75, 3.05) is 6.54 Å². The normalized spacial score (nSPS) is 23.0. The van der Waals surface area contributed by atoms with Gasteiger partial charge in [0.05, 0.1) is 0 Å². The molecule has 1 aromatic rings. The van der Waals surface area contributed by atoms with Gasteiger partial charge in [-0.25, -0.2) is 0 Å². The van der Waals surface area contributed by atoms with Gasteiger partial charge in [0.1, 0.15) is 0 Å². The van der Waals surface area contributed by atoms with Crippen LogP contribution in [0.2, 0.25) is 0 Å². The fraction of sp³-hybridized carbons (Fsp3) is 0.600. The maximum Gasteiger partial charge on any atom is 0.223 e. The molecule has 0 heterocycles. The summed E-state index contributed by atoms with van der Waals surface area (Å²) < 4.78 is 0. The van der Waals surface area contributed by atoms with Crippen molar-refractivity contribution >= 4 is 11.8 Å². The van der Waals surface area contributed by atoms with Crippen LogP contribution in [0.4, 0.5) is 0 Å². The fourth-order valence-corrected chi connectivity index (χ4v) is 3.62. The van der Waals surface area contributed by atoms with E-state index in [0.717, 1.165) is 32.1 Å². The van der Waals surface area contributed by atoms with Gasteiger partial charge < -0.3 is 10.6 Å². The maximum absolute atomic E-state index is 12.2. The van der Waals surface area contributed by atoms with Crippen LogP contribution in [0.15, 0.2) is 30.3 Å². The van der Waals surface area contributed by atoms with E-state index < -0.39 is 0 Å². The molecular weight excluding hydrogens is 300 g/mol. The summed E-state index contributed by atoms with van der Waals surface area (Å²) in [7, 11) is 0. The summed E-state index contributed by atoms with van der Waals surface area (Å²) in [6.07, 6.45) is 7.79. The molecule has 2 fully saturated rings. The fourth-order valence-electron chi connectivity index (χ4n) is 3.62. The zero-order valence-corrected chi connectivity index (χ0v) is 14.3. The van der Waals surface area contributed by atoms with Gasteiger partial charge in [-0.2, -0.15) is 0 Å². The largest absolute Gasteiger partial charge is 0.356 e. The van der Waals surface area contributed by atoms with Crippen molar-refractivity contribution in [3.63, 3.8) is 0 Å². The van der Waals surface area contributed by atoms with Crippen LogP contribution in [0.5, 0.6) is 0 Å².